The Morgan fingerprint density at radius 2 is 1.77 bits per heavy atom. The van der Waals surface area contributed by atoms with Gasteiger partial charge in [0.05, 0.1) is 40.4 Å². The number of halogens is 2. The summed E-state index contributed by atoms with van der Waals surface area (Å²) in [6.45, 7) is 5.64. The molecule has 2 atom stereocenters. The fourth-order valence-electron chi connectivity index (χ4n) is 7.01. The molecule has 0 spiro atoms. The van der Waals surface area contributed by atoms with Crippen LogP contribution < -0.4 is 4.90 Å². The average molecular weight is 568 g/mol. The Kier molecular flexibility index (Phi) is 6.21. The highest BCUT2D eigenvalue weighted by Gasteiger charge is 2.65. The Morgan fingerprint density at radius 1 is 1.05 bits per heavy atom. The van der Waals surface area contributed by atoms with Gasteiger partial charge in [-0.2, -0.15) is 5.10 Å². The smallest absolute Gasteiger partial charge is 0.242 e. The first kappa shape index (κ1) is 26.7. The lowest BCUT2D eigenvalue weighted by Gasteiger charge is -2.39. The maximum absolute atomic E-state index is 14.6. The van der Waals surface area contributed by atoms with Crippen molar-refractivity contribution in [2.45, 2.75) is 38.0 Å². The van der Waals surface area contributed by atoms with Gasteiger partial charge in [0.2, 0.25) is 5.91 Å². The fourth-order valence-corrected chi connectivity index (χ4v) is 7.56. The Labute approximate surface area is 232 Å². The Balaban J connectivity index is 1.33. The number of benzene rings is 1. The van der Waals surface area contributed by atoms with Gasteiger partial charge in [0, 0.05) is 25.9 Å². The van der Waals surface area contributed by atoms with E-state index in [4.69, 9.17) is 4.98 Å². The molecule has 3 aromatic rings. The molecule has 6 rings (SSSR count). The van der Waals surface area contributed by atoms with Crippen LogP contribution in [0.3, 0.4) is 0 Å². The van der Waals surface area contributed by atoms with E-state index in [0.717, 1.165) is 29.8 Å². The van der Waals surface area contributed by atoms with Crippen LogP contribution in [-0.2, 0) is 20.0 Å². The summed E-state index contributed by atoms with van der Waals surface area (Å²) in [4.78, 5) is 21.4. The molecule has 1 saturated heterocycles. The van der Waals surface area contributed by atoms with Crippen molar-refractivity contribution >= 4 is 21.6 Å². The van der Waals surface area contributed by atoms with Gasteiger partial charge in [-0.25, -0.2) is 22.2 Å². The molecule has 40 heavy (non-hydrogen) atoms. The van der Waals surface area contributed by atoms with E-state index in [0.29, 0.717) is 18.9 Å². The van der Waals surface area contributed by atoms with E-state index in [9.17, 15) is 22.0 Å². The number of fused-ring (bicyclic) bond motifs is 5. The van der Waals surface area contributed by atoms with Crippen molar-refractivity contribution in [3.63, 3.8) is 0 Å². The number of sulfone groups is 1. The molecule has 3 aliphatic rings. The van der Waals surface area contributed by atoms with Gasteiger partial charge in [-0.1, -0.05) is 26.0 Å². The monoisotopic (exact) mass is 567 g/mol. The summed E-state index contributed by atoms with van der Waals surface area (Å²) in [5.74, 6) is -0.743. The van der Waals surface area contributed by atoms with Crippen LogP contribution in [0.25, 0.3) is 11.3 Å². The maximum atomic E-state index is 14.6. The normalized spacial score (nSPS) is 23.5. The third-order valence-corrected chi connectivity index (χ3v) is 10.1. The molecule has 2 bridgehead atoms. The Hall–Kier alpha value is -3.47. The third-order valence-electron chi connectivity index (χ3n) is 9.15. The van der Waals surface area contributed by atoms with E-state index in [1.165, 1.54) is 24.5 Å². The maximum Gasteiger partial charge on any atom is 0.242 e. The molecule has 1 aliphatic heterocycles. The number of anilines is 1. The number of piperazine rings is 1. The van der Waals surface area contributed by atoms with Gasteiger partial charge in [0.15, 0.2) is 0 Å². The second kappa shape index (κ2) is 9.29. The molecule has 11 heteroatoms. The molecule has 1 saturated carbocycles. The van der Waals surface area contributed by atoms with Crippen LogP contribution in [0.1, 0.15) is 49.6 Å². The quantitative estimate of drug-likeness (QED) is 0.448. The Bertz CT molecular complexity index is 1610. The number of hydrogen-bond donors (Lipinski definition) is 0. The third kappa shape index (κ3) is 4.08. The number of amides is 1. The number of rotatable bonds is 6. The minimum Gasteiger partial charge on any atom is -0.346 e. The summed E-state index contributed by atoms with van der Waals surface area (Å²) >= 11 is 0. The molecular formula is C29H31F2N5O3S. The zero-order valence-electron chi connectivity index (χ0n) is 22.7. The van der Waals surface area contributed by atoms with Gasteiger partial charge in [-0.05, 0) is 60.1 Å². The highest BCUT2D eigenvalue weighted by atomic mass is 32.2. The van der Waals surface area contributed by atoms with E-state index in [-0.39, 0.29) is 47.3 Å². The van der Waals surface area contributed by atoms with Crippen LogP contribution in [0, 0.1) is 17.0 Å². The topological polar surface area (TPSA) is 96.4 Å². The number of carbonyl (C=O) groups excluding carboxylic acids is 1. The number of pyridine rings is 1. The zero-order valence-corrected chi connectivity index (χ0v) is 23.5. The summed E-state index contributed by atoms with van der Waals surface area (Å²) in [7, 11) is -3.16. The van der Waals surface area contributed by atoms with Gasteiger partial charge >= 0.3 is 0 Å². The first-order valence-corrected chi connectivity index (χ1v) is 15.5. The molecule has 0 N–H and O–H groups in total. The lowest BCUT2D eigenvalue weighted by molar-refractivity contribution is -0.130. The average Bonchev–Trinajstić information content (AvgIpc) is 3.28. The predicted octanol–water partition coefficient (Wildman–Crippen LogP) is 3.71. The standard InChI is InChI=1S/C29H31F2N5O3S/c1-28(2)19-10-11-29(28,27-18(19)16-22(33-34-27)26-20(30)6-4-7-21(26)31)23-8-5-9-24(32-23)36-13-12-35(25(37)17-36)14-15-40(3,38)39/h4-9,16,19H,10-15,17H2,1-3H3/t19-,29-/m0/s1. The summed E-state index contributed by atoms with van der Waals surface area (Å²) in [6.07, 6.45) is 2.87. The van der Waals surface area contributed by atoms with Gasteiger partial charge in [-0.3, -0.25) is 4.79 Å². The highest BCUT2D eigenvalue weighted by molar-refractivity contribution is 7.90. The van der Waals surface area contributed by atoms with E-state index in [1.807, 2.05) is 23.1 Å². The number of aromatic nitrogens is 3. The number of carbonyl (C=O) groups is 1. The van der Waals surface area contributed by atoms with Crippen LogP contribution in [0.4, 0.5) is 14.6 Å². The van der Waals surface area contributed by atoms with E-state index in [2.05, 4.69) is 24.0 Å². The molecule has 8 nitrogen and oxygen atoms in total. The summed E-state index contributed by atoms with van der Waals surface area (Å²) in [5, 5.41) is 8.90. The number of hydrogen-bond acceptors (Lipinski definition) is 7. The predicted molar refractivity (Wildman–Crippen MR) is 147 cm³/mol. The SMILES string of the molecule is CC1(C)[C@H]2CC[C@]1(c1cccc(N3CCN(CCS(C)(=O)=O)C(=O)C3)n1)c1nnc(-c3c(F)cccc3F)cc12. The fraction of sp³-hybridized carbons (Fsp3) is 0.448. The molecule has 2 fully saturated rings. The molecule has 2 aliphatic carbocycles. The van der Waals surface area contributed by atoms with E-state index >= 15 is 0 Å². The van der Waals surface area contributed by atoms with Crippen molar-refractivity contribution in [2.24, 2.45) is 5.41 Å². The first-order chi connectivity index (χ1) is 18.9. The summed E-state index contributed by atoms with van der Waals surface area (Å²) in [6, 6.07) is 11.4. The second-order valence-electron chi connectivity index (χ2n) is 11.7. The van der Waals surface area contributed by atoms with Crippen molar-refractivity contribution in [1.82, 2.24) is 20.1 Å². The van der Waals surface area contributed by atoms with Crippen LogP contribution in [0.2, 0.25) is 0 Å². The zero-order chi connectivity index (χ0) is 28.4. The molecule has 0 radical (unpaired) electrons. The van der Waals surface area contributed by atoms with Crippen molar-refractivity contribution in [3.05, 3.63) is 71.1 Å². The van der Waals surface area contributed by atoms with E-state index in [1.54, 1.807) is 11.0 Å². The lowest BCUT2D eigenvalue weighted by atomic mass is 9.66. The summed E-state index contributed by atoms with van der Waals surface area (Å²) in [5.41, 5.74) is 1.77. The van der Waals surface area contributed by atoms with Crippen LogP contribution in [0.15, 0.2) is 42.5 Å². The molecule has 210 valence electrons. The largest absolute Gasteiger partial charge is 0.346 e. The lowest BCUT2D eigenvalue weighted by Crippen LogP contribution is -2.51. The second-order valence-corrected chi connectivity index (χ2v) is 13.9. The molecule has 3 heterocycles. The molecular weight excluding hydrogens is 536 g/mol. The van der Waals surface area contributed by atoms with Gasteiger partial charge in [0.1, 0.15) is 27.3 Å². The minimum absolute atomic E-state index is 0.0586. The van der Waals surface area contributed by atoms with Gasteiger partial charge in [0.25, 0.3) is 0 Å². The van der Waals surface area contributed by atoms with Gasteiger partial charge < -0.3 is 9.80 Å². The van der Waals surface area contributed by atoms with Crippen LogP contribution in [0.5, 0.6) is 0 Å². The highest BCUT2D eigenvalue weighted by Crippen LogP contribution is 2.69. The van der Waals surface area contributed by atoms with Crippen molar-refractivity contribution < 1.29 is 22.0 Å². The summed E-state index contributed by atoms with van der Waals surface area (Å²) < 4.78 is 52.2. The molecule has 0 unspecified atom stereocenters. The van der Waals surface area contributed by atoms with Crippen molar-refractivity contribution in [3.8, 4) is 11.3 Å². The van der Waals surface area contributed by atoms with Crippen molar-refractivity contribution in [2.75, 3.05) is 43.1 Å². The van der Waals surface area contributed by atoms with Crippen LogP contribution >= 0.6 is 0 Å². The molecule has 1 aromatic carbocycles. The van der Waals surface area contributed by atoms with E-state index < -0.39 is 26.9 Å². The minimum atomic E-state index is -3.16. The van der Waals surface area contributed by atoms with Crippen molar-refractivity contribution in [1.29, 1.82) is 0 Å². The molecule has 2 aromatic heterocycles. The molecule has 1 amide bonds. The van der Waals surface area contributed by atoms with Crippen LogP contribution in [-0.4, -0.2) is 72.6 Å². The van der Waals surface area contributed by atoms with Gasteiger partial charge in [-0.15, -0.1) is 5.10 Å². The Morgan fingerprint density at radius 3 is 2.48 bits per heavy atom. The first-order valence-electron chi connectivity index (χ1n) is 13.4. The number of nitrogens with zero attached hydrogens (tertiary/aromatic N) is 5.